The van der Waals surface area contributed by atoms with Gasteiger partial charge in [0.1, 0.15) is 12.0 Å². The normalized spacial score (nSPS) is 12.6. The number of nitrogens with one attached hydrogen (secondary N) is 1. The Labute approximate surface area is 853 Å². The third-order valence-electron chi connectivity index (χ3n) is 23.0. The Morgan fingerprint density at radius 3 is 0.874 bits per heavy atom. The molecule has 0 fully saturated rings. The molecule has 3 aromatic rings. The minimum absolute atomic E-state index is 0.0497. The van der Waals surface area contributed by atoms with Crippen molar-refractivity contribution >= 4 is 50.8 Å². The van der Waals surface area contributed by atoms with Gasteiger partial charge in [-0.3, -0.25) is 4.79 Å². The number of carboxylic acids is 1. The molecule has 6 N–H and O–H groups in total. The molecule has 0 aliphatic carbocycles. The number of carbonyl (C=O) groups excluding carboxylic acids is 1. The van der Waals surface area contributed by atoms with E-state index >= 15 is 0 Å². The van der Waals surface area contributed by atoms with E-state index in [-0.39, 0.29) is 86.9 Å². The Morgan fingerprint density at radius 2 is 0.629 bits per heavy atom. The Bertz CT molecular complexity index is 3290. The molecule has 11 nitrogen and oxygen atoms in total. The third-order valence-corrected chi connectivity index (χ3v) is 25.1. The van der Waals surface area contributed by atoms with Crippen molar-refractivity contribution in [2.75, 3.05) is 45.0 Å². The zero-order valence-corrected chi connectivity index (χ0v) is 87.6. The number of phenolic OH excluding ortho intramolecular Hbond substituents is 1. The van der Waals surface area contributed by atoms with Crippen molar-refractivity contribution in [3.8, 4) is 23.0 Å². The molecule has 1 unspecified atom stereocenters. The van der Waals surface area contributed by atoms with Gasteiger partial charge in [0.15, 0.2) is 11.5 Å². The number of aldehydes is 1. The van der Waals surface area contributed by atoms with Crippen LogP contribution in [0.3, 0.4) is 0 Å². The molecule has 2 aromatic carbocycles. The molecule has 1 atom stereocenters. The number of aliphatic hydroxyl groups excluding tert-OH is 3. The predicted octanol–water partition coefficient (Wildman–Crippen LogP) is 37.9. The van der Waals surface area contributed by atoms with E-state index in [9.17, 15) is 133 Å². The monoisotopic (exact) mass is 2290 g/mol. The molecule has 0 spiro atoms. The van der Waals surface area contributed by atoms with E-state index in [1.807, 2.05) is 30.6 Å². The number of hydrogen-bond acceptors (Lipinski definition) is 9. The Hall–Kier alpha value is -5.00. The van der Waals surface area contributed by atoms with E-state index in [0.29, 0.717) is 122 Å². The summed E-state index contributed by atoms with van der Waals surface area (Å²) in [7, 11) is 0. The number of halogens is 29. The molecule has 1 heterocycles. The maximum atomic E-state index is 13.8. The molecule has 0 aliphatic heterocycles. The fraction of sp³-hybridized carbons (Fsp3) is 0.806. The van der Waals surface area contributed by atoms with Crippen LogP contribution in [-0.2, 0) is 0 Å². The first-order valence-electron chi connectivity index (χ1n) is 51.1. The van der Waals surface area contributed by atoms with Crippen molar-refractivity contribution in [1.29, 1.82) is 0 Å². The van der Waals surface area contributed by atoms with Crippen LogP contribution in [0, 0.1) is 0 Å². The summed E-state index contributed by atoms with van der Waals surface area (Å²) < 4.78 is 372. The summed E-state index contributed by atoms with van der Waals surface area (Å²) in [6, 6.07) is 12.2. The second-order valence-electron chi connectivity index (χ2n) is 35.7. The number of carboxylic acid groups (broad SMARTS) is 1. The molecular weight excluding hydrogens is 2130 g/mol. The number of unbranched alkanes of at least 4 members (excludes halogenated alkanes) is 48. The first-order valence-corrected chi connectivity index (χ1v) is 53.4. The summed E-state index contributed by atoms with van der Waals surface area (Å²) in [6.07, 6.45) is 26.9. The van der Waals surface area contributed by atoms with Gasteiger partial charge in [-0.2, -0.15) is 119 Å². The number of rotatable bonds is 79. The number of H-pyrrole nitrogens is 1. The van der Waals surface area contributed by atoms with Gasteiger partial charge in [0.25, 0.3) is 0 Å². The van der Waals surface area contributed by atoms with Crippen LogP contribution in [0.15, 0.2) is 73.6 Å². The highest BCUT2D eigenvalue weighted by Gasteiger charge is 2.83. The van der Waals surface area contributed by atoms with Crippen LogP contribution in [-0.4, -0.2) is 163 Å². The van der Waals surface area contributed by atoms with Gasteiger partial charge in [0, 0.05) is 66.3 Å². The number of alkyl halides is 29. The second-order valence-corrected chi connectivity index (χ2v) is 38.2. The lowest BCUT2D eigenvalue weighted by molar-refractivity contribution is -0.396. The Balaban J connectivity index is -0.00000121. The number of phenols is 1. The molecule has 40 heteroatoms. The second kappa shape index (κ2) is 83.7. The molecule has 0 amide bonds. The smallest absolute Gasteiger partial charge is 0.460 e. The highest BCUT2D eigenvalue weighted by molar-refractivity contribution is 14.1. The third kappa shape index (κ3) is 65.7. The summed E-state index contributed by atoms with van der Waals surface area (Å²) in [4.78, 5) is 25.0. The first kappa shape index (κ1) is 144. The van der Waals surface area contributed by atoms with Crippen molar-refractivity contribution < 1.29 is 168 Å². The standard InChI is InChI=1S/C49H63F27O5.C11H23Br.C11H23IO.C11H24O.C10H20O.C7H6O2.C4H5N/c50-38(51,41(56,57)44(62,63)47(68,69)70)25-19-13-7-1-4-10-16-22-28-79-34-31-33(37(77)78)32-35(80-29-23-17-11-5-2-8-14-20-26-39(52,53)42(58,59)45(64,65)48(71,72)73)36(34)81-30-24-18-12-6-3-9-15-21-27-40(54,55)43(60,61)46(66,67)49(74,75)76;1-2-3-4-5-6-7-8-9-10-11-12;1-2-11(12)9-7-5-3-4-6-8-10-13;1-2-3-4-5-6-7-8-9-10-11-12;1-2-3-4-5-6-7-8-9-10-11;8-5-6-1-3-7(9)4-2-6;1-2-4-5-3-1/h31-32H,1-30H2,(H,77,78);2-11H2,1H3;11,13H,2-10H2,1H3;12H,2-11H2,1H3;2,11H,1,3-10H2;1-5,9H;1-5H. The zero-order valence-electron chi connectivity index (χ0n) is 83.8. The van der Waals surface area contributed by atoms with Crippen molar-refractivity contribution in [3.63, 3.8) is 0 Å². The van der Waals surface area contributed by atoms with Crippen LogP contribution in [0.1, 0.15) is 427 Å². The average molecular weight is 2300 g/mol. The summed E-state index contributed by atoms with van der Waals surface area (Å²) in [5.41, 5.74) is 0.253. The van der Waals surface area contributed by atoms with E-state index in [1.54, 1.807) is 12.1 Å². The topological polar surface area (TPSA) is 179 Å². The largest absolute Gasteiger partial charge is 0.508 e. The summed E-state index contributed by atoms with van der Waals surface area (Å²) in [6.45, 7) is 11.4. The summed E-state index contributed by atoms with van der Waals surface area (Å²) >= 11 is 6.00. The van der Waals surface area contributed by atoms with E-state index in [2.05, 4.69) is 70.9 Å². The number of aromatic nitrogens is 1. The molecule has 0 radical (unpaired) electrons. The van der Waals surface area contributed by atoms with Crippen molar-refractivity contribution in [2.45, 2.75) is 482 Å². The van der Waals surface area contributed by atoms with Crippen LogP contribution in [0.25, 0.3) is 0 Å². The molecular formula is C103H164BrF27INO10. The zero-order chi connectivity index (χ0) is 109. The highest BCUT2D eigenvalue weighted by Crippen LogP contribution is 2.58. The number of aliphatic hydroxyl groups is 3. The minimum Gasteiger partial charge on any atom is -0.508 e. The maximum Gasteiger partial charge on any atom is 0.460 e. The fourth-order valence-corrected chi connectivity index (χ4v) is 14.8. The molecule has 0 aliphatic rings. The van der Waals surface area contributed by atoms with Gasteiger partial charge < -0.3 is 44.7 Å². The number of hydrogen-bond donors (Lipinski definition) is 6. The molecule has 3 rings (SSSR count). The molecule has 0 bridgehead atoms. The van der Waals surface area contributed by atoms with Gasteiger partial charge in [0.05, 0.1) is 25.4 Å². The molecule has 0 saturated heterocycles. The van der Waals surface area contributed by atoms with Crippen LogP contribution >= 0.6 is 38.5 Å². The van der Waals surface area contributed by atoms with Crippen LogP contribution in [0.2, 0.25) is 0 Å². The van der Waals surface area contributed by atoms with Crippen LogP contribution in [0.4, 0.5) is 119 Å². The number of aromatic carboxylic acids is 1. The number of ether oxygens (including phenoxy) is 3. The Kier molecular flexibility index (Phi) is 84.4. The first-order chi connectivity index (χ1) is 67.2. The average Bonchev–Trinajstić information content (AvgIpc) is 1.54. The summed E-state index contributed by atoms with van der Waals surface area (Å²) in [5, 5.41) is 45.3. The lowest BCUT2D eigenvalue weighted by Gasteiger charge is -2.33. The lowest BCUT2D eigenvalue weighted by Crippen LogP contribution is -2.60. The van der Waals surface area contributed by atoms with Crippen LogP contribution < -0.4 is 14.2 Å². The van der Waals surface area contributed by atoms with Crippen LogP contribution in [0.5, 0.6) is 23.0 Å². The van der Waals surface area contributed by atoms with Crippen molar-refractivity contribution in [2.24, 2.45) is 0 Å². The summed E-state index contributed by atoms with van der Waals surface area (Å²) in [5.74, 6) is -59.5. The molecule has 0 saturated carbocycles. The van der Waals surface area contributed by atoms with Gasteiger partial charge in [-0.25, -0.2) is 4.79 Å². The minimum atomic E-state index is -6.98. The lowest BCUT2D eigenvalue weighted by atomic mass is 9.97. The van der Waals surface area contributed by atoms with E-state index < -0.39 is 116 Å². The van der Waals surface area contributed by atoms with Crippen molar-refractivity contribution in [1.82, 2.24) is 4.98 Å². The number of aromatic hydroxyl groups is 1. The fourth-order valence-electron chi connectivity index (χ4n) is 14.0. The maximum absolute atomic E-state index is 13.8. The van der Waals surface area contributed by atoms with Gasteiger partial charge >= 0.3 is 77.8 Å². The number of aromatic amines is 1. The highest BCUT2D eigenvalue weighted by atomic mass is 127. The van der Waals surface area contributed by atoms with Gasteiger partial charge in [-0.1, -0.05) is 341 Å². The van der Waals surface area contributed by atoms with E-state index in [1.165, 1.54) is 204 Å². The SMILES string of the molecule is C=CCCCCCCCCO.CCC(I)CCCCCCCCO.CCCCCCCCCCCBr.CCCCCCCCCCCO.O=C(O)c1cc(OCCCCCCCCCCC(F)(F)C(F)(F)C(F)(F)C(F)(F)F)c(OCCCCCCCCCCC(F)(F)C(F)(F)C(F)(F)C(F)(F)F)c(OCCCCCCCCCCC(F)(F)C(F)(F)C(F)(F)C(F)(F)F)c1.O=Cc1ccc(O)cc1.c1cc[nH]c1. The number of benzene rings is 2. The van der Waals surface area contributed by atoms with Gasteiger partial charge in [-0.15, -0.1) is 6.58 Å². The van der Waals surface area contributed by atoms with E-state index in [4.69, 9.17) is 34.6 Å². The van der Waals surface area contributed by atoms with Gasteiger partial charge in [-0.05, 0) is 138 Å². The Morgan fingerprint density at radius 1 is 0.371 bits per heavy atom. The van der Waals surface area contributed by atoms with Gasteiger partial charge in [0.2, 0.25) is 5.75 Å². The van der Waals surface area contributed by atoms with Crippen molar-refractivity contribution in [3.05, 3.63) is 84.7 Å². The number of allylic oxidation sites excluding steroid dienone is 1. The quantitative estimate of drug-likeness (QED) is 0.00796. The predicted molar refractivity (Wildman–Crippen MR) is 524 cm³/mol. The molecule has 1 aromatic heterocycles. The molecule has 844 valence electrons. The number of carbonyl (C=O) groups is 2. The molecule has 143 heavy (non-hydrogen) atoms. The van der Waals surface area contributed by atoms with E-state index in [0.717, 1.165) is 48.0 Å².